The zero-order chi connectivity index (χ0) is 12.1. The molecule has 2 aliphatic rings. The van der Waals surface area contributed by atoms with E-state index in [1.165, 1.54) is 51.4 Å². The number of carbonyl (C=O) groups excluding carboxylic acids is 1. The van der Waals surface area contributed by atoms with Crippen LogP contribution in [-0.2, 0) is 4.79 Å². The molecule has 1 aliphatic heterocycles. The van der Waals surface area contributed by atoms with E-state index in [1.54, 1.807) is 0 Å². The third kappa shape index (κ3) is 3.46. The molecule has 0 aromatic heterocycles. The summed E-state index contributed by atoms with van der Waals surface area (Å²) in [5.41, 5.74) is 0. The Morgan fingerprint density at radius 3 is 2.35 bits per heavy atom. The second-order valence-corrected chi connectivity index (χ2v) is 6.00. The second kappa shape index (κ2) is 6.42. The first-order chi connectivity index (χ1) is 8.29. The van der Waals surface area contributed by atoms with Gasteiger partial charge in [-0.25, -0.2) is 0 Å². The summed E-state index contributed by atoms with van der Waals surface area (Å²) in [7, 11) is 0. The van der Waals surface area contributed by atoms with Crippen LogP contribution in [0.5, 0.6) is 0 Å². The van der Waals surface area contributed by atoms with Crippen molar-refractivity contribution in [2.75, 3.05) is 6.54 Å². The minimum absolute atomic E-state index is 0.292. The van der Waals surface area contributed by atoms with Crippen LogP contribution in [0.4, 0.5) is 0 Å². The summed E-state index contributed by atoms with van der Waals surface area (Å²) in [5.74, 6) is 2.01. The highest BCUT2D eigenvalue weighted by molar-refractivity contribution is 5.79. The molecule has 1 saturated carbocycles. The molecular formula is C15H27NO. The number of nitrogens with one attached hydrogen (secondary N) is 1. The molecular weight excluding hydrogens is 210 g/mol. The lowest BCUT2D eigenvalue weighted by molar-refractivity contribution is -0.127. The van der Waals surface area contributed by atoms with E-state index < -0.39 is 0 Å². The summed E-state index contributed by atoms with van der Waals surface area (Å²) in [4.78, 5) is 12.1. The Morgan fingerprint density at radius 1 is 1.00 bits per heavy atom. The van der Waals surface area contributed by atoms with Gasteiger partial charge in [-0.15, -0.1) is 0 Å². The standard InChI is InChI=1S/C15H27NO/c1-12(13-8-4-2-3-5-9-13)14-10-6-7-11-16-15(14)17/h12-14H,2-11H2,1H3,(H,16,17). The molecule has 2 atom stereocenters. The largest absolute Gasteiger partial charge is 0.356 e. The van der Waals surface area contributed by atoms with Gasteiger partial charge in [-0.05, 0) is 24.7 Å². The third-order valence-electron chi connectivity index (χ3n) is 4.86. The number of rotatable bonds is 2. The molecule has 2 nitrogen and oxygen atoms in total. The van der Waals surface area contributed by atoms with Crippen molar-refractivity contribution in [2.24, 2.45) is 17.8 Å². The Balaban J connectivity index is 1.95. The maximum Gasteiger partial charge on any atom is 0.223 e. The number of hydrogen-bond donors (Lipinski definition) is 1. The number of carbonyl (C=O) groups is 1. The minimum Gasteiger partial charge on any atom is -0.356 e. The van der Waals surface area contributed by atoms with Crippen LogP contribution in [0.2, 0.25) is 0 Å². The van der Waals surface area contributed by atoms with E-state index in [9.17, 15) is 4.79 Å². The van der Waals surface area contributed by atoms with Gasteiger partial charge in [0.15, 0.2) is 0 Å². The van der Waals surface area contributed by atoms with Crippen molar-refractivity contribution in [3.63, 3.8) is 0 Å². The topological polar surface area (TPSA) is 29.1 Å². The summed E-state index contributed by atoms with van der Waals surface area (Å²) in [6.07, 6.45) is 11.8. The van der Waals surface area contributed by atoms with Gasteiger partial charge in [0.1, 0.15) is 0 Å². The van der Waals surface area contributed by atoms with Gasteiger partial charge in [-0.1, -0.05) is 51.9 Å². The maximum atomic E-state index is 12.1. The van der Waals surface area contributed by atoms with E-state index in [0.717, 1.165) is 18.9 Å². The van der Waals surface area contributed by atoms with Crippen LogP contribution in [0.3, 0.4) is 0 Å². The zero-order valence-corrected chi connectivity index (χ0v) is 11.2. The van der Waals surface area contributed by atoms with Crippen molar-refractivity contribution in [2.45, 2.75) is 64.7 Å². The van der Waals surface area contributed by atoms with E-state index in [0.29, 0.717) is 17.7 Å². The van der Waals surface area contributed by atoms with Gasteiger partial charge in [0, 0.05) is 12.5 Å². The first kappa shape index (κ1) is 12.9. The van der Waals surface area contributed by atoms with E-state index in [4.69, 9.17) is 0 Å². The molecule has 2 fully saturated rings. The molecule has 0 bridgehead atoms. The number of amides is 1. The fraction of sp³-hybridized carbons (Fsp3) is 0.933. The third-order valence-corrected chi connectivity index (χ3v) is 4.86. The van der Waals surface area contributed by atoms with Gasteiger partial charge < -0.3 is 5.32 Å². The summed E-state index contributed by atoms with van der Waals surface area (Å²) < 4.78 is 0. The predicted molar refractivity (Wildman–Crippen MR) is 70.7 cm³/mol. The smallest absolute Gasteiger partial charge is 0.223 e. The van der Waals surface area contributed by atoms with Crippen LogP contribution in [0.25, 0.3) is 0 Å². The molecule has 0 radical (unpaired) electrons. The molecule has 17 heavy (non-hydrogen) atoms. The van der Waals surface area contributed by atoms with Crippen molar-refractivity contribution in [1.29, 1.82) is 0 Å². The van der Waals surface area contributed by atoms with Crippen molar-refractivity contribution in [3.05, 3.63) is 0 Å². The predicted octanol–water partition coefficient (Wildman–Crippen LogP) is 3.51. The van der Waals surface area contributed by atoms with Gasteiger partial charge in [0.05, 0.1) is 0 Å². The SMILES string of the molecule is CC(C1CCCCCC1)C1CCCCNC1=O. The quantitative estimate of drug-likeness (QED) is 0.732. The molecule has 2 heteroatoms. The second-order valence-electron chi connectivity index (χ2n) is 6.00. The van der Waals surface area contributed by atoms with Crippen molar-refractivity contribution in [3.8, 4) is 0 Å². The average Bonchev–Trinajstić information content (AvgIpc) is 2.70. The monoisotopic (exact) mass is 237 g/mol. The van der Waals surface area contributed by atoms with Crippen LogP contribution in [-0.4, -0.2) is 12.5 Å². The summed E-state index contributed by atoms with van der Waals surface area (Å²) in [5, 5.41) is 3.09. The molecule has 1 heterocycles. The van der Waals surface area contributed by atoms with Gasteiger partial charge in [-0.2, -0.15) is 0 Å². The molecule has 2 rings (SSSR count). The molecule has 98 valence electrons. The van der Waals surface area contributed by atoms with Gasteiger partial charge in [0.25, 0.3) is 0 Å². The summed E-state index contributed by atoms with van der Waals surface area (Å²) >= 11 is 0. The molecule has 1 N–H and O–H groups in total. The highest BCUT2D eigenvalue weighted by Crippen LogP contribution is 2.35. The fourth-order valence-electron chi connectivity index (χ4n) is 3.63. The minimum atomic E-state index is 0.292. The van der Waals surface area contributed by atoms with Crippen molar-refractivity contribution >= 4 is 5.91 Å². The molecule has 0 spiro atoms. The molecule has 1 amide bonds. The molecule has 1 saturated heterocycles. The normalized spacial score (nSPS) is 30.2. The lowest BCUT2D eigenvalue weighted by Crippen LogP contribution is -2.35. The van der Waals surface area contributed by atoms with E-state index in [2.05, 4.69) is 12.2 Å². The summed E-state index contributed by atoms with van der Waals surface area (Å²) in [6.45, 7) is 3.22. The Labute approximate surface area is 106 Å². The highest BCUT2D eigenvalue weighted by Gasteiger charge is 2.31. The van der Waals surface area contributed by atoms with Crippen molar-refractivity contribution in [1.82, 2.24) is 5.32 Å². The Bertz CT molecular complexity index is 243. The van der Waals surface area contributed by atoms with Crippen molar-refractivity contribution < 1.29 is 4.79 Å². The van der Waals surface area contributed by atoms with Gasteiger partial charge in [0.2, 0.25) is 5.91 Å². The Hall–Kier alpha value is -0.530. The molecule has 0 aromatic rings. The van der Waals surface area contributed by atoms with Crippen LogP contribution >= 0.6 is 0 Å². The fourth-order valence-corrected chi connectivity index (χ4v) is 3.63. The summed E-state index contributed by atoms with van der Waals surface area (Å²) in [6, 6.07) is 0. The maximum absolute atomic E-state index is 12.1. The average molecular weight is 237 g/mol. The first-order valence-electron chi connectivity index (χ1n) is 7.57. The lowest BCUT2D eigenvalue weighted by atomic mass is 9.77. The molecule has 2 unspecified atom stereocenters. The highest BCUT2D eigenvalue weighted by atomic mass is 16.1. The van der Waals surface area contributed by atoms with Crippen LogP contribution < -0.4 is 5.32 Å². The van der Waals surface area contributed by atoms with Gasteiger partial charge >= 0.3 is 0 Å². The Kier molecular flexibility index (Phi) is 4.87. The van der Waals surface area contributed by atoms with E-state index >= 15 is 0 Å². The van der Waals surface area contributed by atoms with E-state index in [1.807, 2.05) is 0 Å². The number of hydrogen-bond acceptors (Lipinski definition) is 1. The molecule has 0 aromatic carbocycles. The van der Waals surface area contributed by atoms with E-state index in [-0.39, 0.29) is 0 Å². The first-order valence-corrected chi connectivity index (χ1v) is 7.57. The van der Waals surface area contributed by atoms with Crippen LogP contribution in [0.15, 0.2) is 0 Å². The zero-order valence-electron chi connectivity index (χ0n) is 11.2. The van der Waals surface area contributed by atoms with Crippen LogP contribution in [0, 0.1) is 17.8 Å². The van der Waals surface area contributed by atoms with Crippen LogP contribution in [0.1, 0.15) is 64.7 Å². The van der Waals surface area contributed by atoms with Gasteiger partial charge in [-0.3, -0.25) is 4.79 Å². The Morgan fingerprint density at radius 2 is 1.65 bits per heavy atom. The molecule has 1 aliphatic carbocycles. The lowest BCUT2D eigenvalue weighted by Gasteiger charge is -2.28.